The topological polar surface area (TPSA) is 137 Å². The van der Waals surface area contributed by atoms with Crippen molar-refractivity contribution in [2.24, 2.45) is 0 Å². The molecule has 0 fully saturated rings. The van der Waals surface area contributed by atoms with Gasteiger partial charge in [-0.05, 0) is 38.1 Å². The van der Waals surface area contributed by atoms with Gasteiger partial charge in [-0.3, -0.25) is 10.1 Å². The molecule has 1 atom stereocenters. The van der Waals surface area contributed by atoms with Gasteiger partial charge in [0, 0.05) is 28.8 Å². The first-order valence-electron chi connectivity index (χ1n) is 9.39. The second-order valence-electron chi connectivity index (χ2n) is 6.43. The van der Waals surface area contributed by atoms with Gasteiger partial charge in [0.2, 0.25) is 0 Å². The van der Waals surface area contributed by atoms with Crippen molar-refractivity contribution < 1.29 is 32.7 Å². The zero-order valence-corrected chi connectivity index (χ0v) is 16.8. The summed E-state index contributed by atoms with van der Waals surface area (Å²) in [5.74, 6) is -1.18. The summed E-state index contributed by atoms with van der Waals surface area (Å²) in [6.45, 7) is 3.14. The first-order chi connectivity index (χ1) is 14.9. The summed E-state index contributed by atoms with van der Waals surface area (Å²) < 4.78 is 20.2. The van der Waals surface area contributed by atoms with Crippen LogP contribution in [0.2, 0.25) is 0 Å². The van der Waals surface area contributed by atoms with Crippen molar-refractivity contribution in [2.75, 3.05) is 11.9 Å². The molecule has 0 saturated carbocycles. The number of amides is 2. The van der Waals surface area contributed by atoms with E-state index in [0.29, 0.717) is 16.6 Å². The Morgan fingerprint density at radius 3 is 2.65 bits per heavy atom. The molecule has 0 aliphatic heterocycles. The molecule has 31 heavy (non-hydrogen) atoms. The van der Waals surface area contributed by atoms with E-state index in [-0.39, 0.29) is 24.6 Å². The summed E-state index contributed by atoms with van der Waals surface area (Å²) in [6.07, 6.45) is 0.706. The Morgan fingerprint density at radius 1 is 1.13 bits per heavy atom. The molecule has 0 radical (unpaired) electrons. The third-order valence-corrected chi connectivity index (χ3v) is 4.17. The number of ether oxygens (including phenoxy) is 2. The van der Waals surface area contributed by atoms with E-state index >= 15 is 0 Å². The molecule has 3 rings (SSSR count). The van der Waals surface area contributed by atoms with Crippen LogP contribution in [0.4, 0.5) is 10.5 Å². The molecule has 0 spiro atoms. The van der Waals surface area contributed by atoms with E-state index < -0.39 is 29.6 Å². The molecule has 3 aromatic rings. The molecule has 1 aromatic carbocycles. The van der Waals surface area contributed by atoms with Crippen LogP contribution in [0.15, 0.2) is 56.3 Å². The Kier molecular flexibility index (Phi) is 6.71. The van der Waals surface area contributed by atoms with Gasteiger partial charge in [-0.25, -0.2) is 14.4 Å². The maximum absolute atomic E-state index is 12.2. The van der Waals surface area contributed by atoms with Crippen LogP contribution in [-0.4, -0.2) is 30.6 Å². The minimum Gasteiger partial charge on any atom is -0.459 e. The molecule has 2 N–H and O–H groups in total. The van der Waals surface area contributed by atoms with Gasteiger partial charge >= 0.3 is 17.7 Å². The number of hydrogen-bond donors (Lipinski definition) is 2. The fourth-order valence-electron chi connectivity index (χ4n) is 2.72. The number of carbonyl (C=O) groups is 3. The zero-order chi connectivity index (χ0) is 22.4. The maximum atomic E-state index is 12.2. The Hall–Kier alpha value is -4.08. The Labute approximate surface area is 176 Å². The lowest BCUT2D eigenvalue weighted by atomic mass is 10.1. The van der Waals surface area contributed by atoms with Crippen molar-refractivity contribution in [3.63, 3.8) is 0 Å². The normalized spacial score (nSPS) is 11.5. The van der Waals surface area contributed by atoms with E-state index in [1.807, 2.05) is 0 Å². The summed E-state index contributed by atoms with van der Waals surface area (Å²) in [7, 11) is 0. The van der Waals surface area contributed by atoms with E-state index in [9.17, 15) is 19.2 Å². The van der Waals surface area contributed by atoms with Gasteiger partial charge < -0.3 is 23.6 Å². The summed E-state index contributed by atoms with van der Waals surface area (Å²) in [6, 6.07) is 7.96. The highest BCUT2D eigenvalue weighted by molar-refractivity contribution is 5.94. The quantitative estimate of drug-likeness (QED) is 0.433. The fraction of sp³-hybridized carbons (Fsp3) is 0.238. The monoisotopic (exact) mass is 428 g/mol. The average Bonchev–Trinajstić information content (AvgIpc) is 3.26. The van der Waals surface area contributed by atoms with Gasteiger partial charge in [0.1, 0.15) is 18.2 Å². The largest absolute Gasteiger partial charge is 0.459 e. The molecule has 2 heterocycles. The third kappa shape index (κ3) is 5.50. The van der Waals surface area contributed by atoms with Crippen LogP contribution >= 0.6 is 0 Å². The van der Waals surface area contributed by atoms with E-state index in [1.165, 1.54) is 31.4 Å². The summed E-state index contributed by atoms with van der Waals surface area (Å²) in [5, 5.41) is 5.50. The van der Waals surface area contributed by atoms with Crippen molar-refractivity contribution in [2.45, 2.75) is 26.5 Å². The van der Waals surface area contributed by atoms with Crippen LogP contribution < -0.4 is 16.3 Å². The molecule has 10 nitrogen and oxygen atoms in total. The number of fused-ring (bicyclic) bond motifs is 1. The Morgan fingerprint density at radius 2 is 1.94 bits per heavy atom. The van der Waals surface area contributed by atoms with E-state index in [2.05, 4.69) is 10.6 Å². The zero-order valence-electron chi connectivity index (χ0n) is 16.8. The minimum atomic E-state index is -0.940. The smallest absolute Gasteiger partial charge is 0.411 e. The van der Waals surface area contributed by atoms with E-state index in [4.69, 9.17) is 18.3 Å². The van der Waals surface area contributed by atoms with Crippen molar-refractivity contribution in [3.8, 4) is 0 Å². The maximum Gasteiger partial charge on any atom is 0.411 e. The number of rotatable bonds is 7. The van der Waals surface area contributed by atoms with Gasteiger partial charge in [-0.15, -0.1) is 0 Å². The van der Waals surface area contributed by atoms with Crippen LogP contribution in [0.3, 0.4) is 0 Å². The van der Waals surface area contributed by atoms with Crippen molar-refractivity contribution >= 4 is 34.6 Å². The molecule has 2 amide bonds. The Bertz CT molecular complexity index is 1150. The van der Waals surface area contributed by atoms with Crippen LogP contribution in [0.1, 0.15) is 30.0 Å². The number of furan rings is 1. The average molecular weight is 428 g/mol. The number of nitrogens with one attached hydrogen (secondary N) is 2. The van der Waals surface area contributed by atoms with Crippen molar-refractivity contribution in [1.82, 2.24) is 5.32 Å². The fourth-order valence-corrected chi connectivity index (χ4v) is 2.72. The molecular weight excluding hydrogens is 408 g/mol. The summed E-state index contributed by atoms with van der Waals surface area (Å²) in [4.78, 5) is 47.7. The van der Waals surface area contributed by atoms with Crippen molar-refractivity contribution in [1.29, 1.82) is 0 Å². The highest BCUT2D eigenvalue weighted by atomic mass is 16.5. The Balaban J connectivity index is 1.69. The molecule has 0 aliphatic carbocycles. The number of esters is 1. The second kappa shape index (κ2) is 9.61. The lowest BCUT2D eigenvalue weighted by Crippen LogP contribution is -2.39. The van der Waals surface area contributed by atoms with Gasteiger partial charge in [0.05, 0.1) is 12.9 Å². The molecule has 0 bridgehead atoms. The standard InChI is InChI=1S/C21H20N2O8/c1-3-28-21(27)23-14-6-7-15-13(9-18(24)31-17(15)10-14)11-30-20(26)12(2)22-19(25)16-5-4-8-29-16/h4-10,12H,3,11H2,1-2H3,(H,22,25)(H,23,27)/t12-/m1/s1. The molecule has 2 aromatic heterocycles. The first-order valence-corrected chi connectivity index (χ1v) is 9.39. The van der Waals surface area contributed by atoms with E-state index in [0.717, 1.165) is 0 Å². The lowest BCUT2D eigenvalue weighted by Gasteiger charge is -2.13. The summed E-state index contributed by atoms with van der Waals surface area (Å²) >= 11 is 0. The predicted octanol–water partition coefficient (Wildman–Crippen LogP) is 2.82. The first kappa shape index (κ1) is 21.6. The summed E-state index contributed by atoms with van der Waals surface area (Å²) in [5.41, 5.74) is 0.336. The SMILES string of the molecule is CCOC(=O)Nc1ccc2c(COC(=O)[C@@H](C)NC(=O)c3ccco3)cc(=O)oc2c1. The van der Waals surface area contributed by atoms with Crippen LogP contribution in [0, 0.1) is 0 Å². The molecule has 0 unspecified atom stereocenters. The molecule has 0 saturated heterocycles. The van der Waals surface area contributed by atoms with Gasteiger partial charge in [0.25, 0.3) is 5.91 Å². The van der Waals surface area contributed by atoms with Crippen molar-refractivity contribution in [3.05, 3.63) is 64.4 Å². The van der Waals surface area contributed by atoms with Crippen LogP contribution in [0.25, 0.3) is 11.0 Å². The van der Waals surface area contributed by atoms with Crippen LogP contribution in [0.5, 0.6) is 0 Å². The second-order valence-corrected chi connectivity index (χ2v) is 6.43. The molecule has 162 valence electrons. The highest BCUT2D eigenvalue weighted by Gasteiger charge is 2.20. The number of carbonyl (C=O) groups excluding carboxylic acids is 3. The van der Waals surface area contributed by atoms with Gasteiger partial charge in [-0.2, -0.15) is 0 Å². The number of benzene rings is 1. The number of hydrogen-bond acceptors (Lipinski definition) is 8. The molecule has 10 heteroatoms. The third-order valence-electron chi connectivity index (χ3n) is 4.17. The number of anilines is 1. The minimum absolute atomic E-state index is 0.0681. The van der Waals surface area contributed by atoms with Crippen LogP contribution in [-0.2, 0) is 20.9 Å². The molecule has 0 aliphatic rings. The predicted molar refractivity (Wildman–Crippen MR) is 109 cm³/mol. The molecular formula is C21H20N2O8. The van der Waals surface area contributed by atoms with E-state index in [1.54, 1.807) is 25.1 Å². The van der Waals surface area contributed by atoms with Gasteiger partial charge in [0.15, 0.2) is 5.76 Å². The lowest BCUT2D eigenvalue weighted by molar-refractivity contribution is -0.146. The highest BCUT2D eigenvalue weighted by Crippen LogP contribution is 2.22. The van der Waals surface area contributed by atoms with Gasteiger partial charge in [-0.1, -0.05) is 0 Å².